The first-order valence-corrected chi connectivity index (χ1v) is 6.22. The SMILES string of the molecule is O=C(O)CCNC(=O)N1CCOc2ccc(F)cc2C1. The number of benzene rings is 1. The van der Waals surface area contributed by atoms with E-state index in [2.05, 4.69) is 5.32 Å². The number of fused-ring (bicyclic) bond motifs is 1. The lowest BCUT2D eigenvalue weighted by Gasteiger charge is -2.20. The largest absolute Gasteiger partial charge is 0.491 e. The second kappa shape index (κ2) is 6.23. The first-order chi connectivity index (χ1) is 9.56. The highest BCUT2D eigenvalue weighted by Gasteiger charge is 2.20. The predicted octanol–water partition coefficient (Wildman–Crippen LogP) is 1.20. The van der Waals surface area contributed by atoms with Crippen LogP contribution in [-0.4, -0.2) is 41.7 Å². The molecular weight excluding hydrogens is 267 g/mol. The Balaban J connectivity index is 1.99. The van der Waals surface area contributed by atoms with E-state index < -0.39 is 5.97 Å². The summed E-state index contributed by atoms with van der Waals surface area (Å²) in [6.07, 6.45) is -0.138. The maximum Gasteiger partial charge on any atom is 0.317 e. The molecule has 1 aromatic carbocycles. The number of halogens is 1. The van der Waals surface area contributed by atoms with Crippen molar-refractivity contribution in [1.82, 2.24) is 10.2 Å². The van der Waals surface area contributed by atoms with E-state index in [4.69, 9.17) is 9.84 Å². The summed E-state index contributed by atoms with van der Waals surface area (Å²) in [6.45, 7) is 0.952. The van der Waals surface area contributed by atoms with Crippen molar-refractivity contribution in [1.29, 1.82) is 0 Å². The minimum absolute atomic E-state index is 0.0571. The molecule has 7 heteroatoms. The lowest BCUT2D eigenvalue weighted by Crippen LogP contribution is -2.41. The molecule has 1 heterocycles. The summed E-state index contributed by atoms with van der Waals surface area (Å²) < 4.78 is 18.7. The van der Waals surface area contributed by atoms with E-state index in [9.17, 15) is 14.0 Å². The molecule has 0 radical (unpaired) electrons. The van der Waals surface area contributed by atoms with E-state index in [-0.39, 0.29) is 31.4 Å². The van der Waals surface area contributed by atoms with Crippen molar-refractivity contribution in [3.63, 3.8) is 0 Å². The zero-order chi connectivity index (χ0) is 14.5. The minimum Gasteiger partial charge on any atom is -0.491 e. The molecule has 1 aliphatic heterocycles. The quantitative estimate of drug-likeness (QED) is 0.873. The molecule has 108 valence electrons. The number of amides is 2. The third-order valence-electron chi connectivity index (χ3n) is 2.90. The van der Waals surface area contributed by atoms with Crippen molar-refractivity contribution in [2.45, 2.75) is 13.0 Å². The van der Waals surface area contributed by atoms with Crippen molar-refractivity contribution >= 4 is 12.0 Å². The van der Waals surface area contributed by atoms with Gasteiger partial charge in [0.1, 0.15) is 18.2 Å². The Kier molecular flexibility index (Phi) is 4.39. The molecule has 0 bridgehead atoms. The molecule has 0 fully saturated rings. The third kappa shape index (κ3) is 3.59. The molecule has 0 aromatic heterocycles. The summed E-state index contributed by atoms with van der Waals surface area (Å²) >= 11 is 0. The van der Waals surface area contributed by atoms with Gasteiger partial charge in [0.25, 0.3) is 0 Å². The monoisotopic (exact) mass is 282 g/mol. The van der Waals surface area contributed by atoms with Crippen LogP contribution in [0.1, 0.15) is 12.0 Å². The molecule has 6 nitrogen and oxygen atoms in total. The summed E-state index contributed by atoms with van der Waals surface area (Å²) in [5.41, 5.74) is 0.593. The lowest BCUT2D eigenvalue weighted by molar-refractivity contribution is -0.136. The number of carboxylic acid groups (broad SMARTS) is 1. The van der Waals surface area contributed by atoms with E-state index in [0.717, 1.165) is 0 Å². The highest BCUT2D eigenvalue weighted by molar-refractivity contribution is 5.75. The molecule has 20 heavy (non-hydrogen) atoms. The molecule has 2 amide bonds. The molecular formula is C13H15FN2O4. The summed E-state index contributed by atoms with van der Waals surface area (Å²) in [5.74, 6) is -0.801. The molecule has 2 rings (SSSR count). The third-order valence-corrected chi connectivity index (χ3v) is 2.90. The Labute approximate surface area is 115 Å². The molecule has 1 aliphatic rings. The van der Waals surface area contributed by atoms with Gasteiger partial charge in [0.2, 0.25) is 0 Å². The Morgan fingerprint density at radius 2 is 2.25 bits per heavy atom. The van der Waals surface area contributed by atoms with Crippen LogP contribution in [0.15, 0.2) is 18.2 Å². The van der Waals surface area contributed by atoms with E-state index in [1.165, 1.54) is 23.1 Å². The molecule has 0 aliphatic carbocycles. The second-order valence-corrected chi connectivity index (χ2v) is 4.40. The standard InChI is InChI=1S/C13H15FN2O4/c14-10-1-2-11-9(7-10)8-16(5-6-20-11)13(19)15-4-3-12(17)18/h1-2,7H,3-6,8H2,(H,15,19)(H,17,18). The number of hydrogen-bond donors (Lipinski definition) is 2. The maximum absolute atomic E-state index is 13.2. The highest BCUT2D eigenvalue weighted by Crippen LogP contribution is 2.23. The zero-order valence-corrected chi connectivity index (χ0v) is 10.8. The summed E-state index contributed by atoms with van der Waals surface area (Å²) in [7, 11) is 0. The number of aliphatic carboxylic acids is 1. The van der Waals surface area contributed by atoms with Crippen molar-refractivity contribution in [3.8, 4) is 5.75 Å². The molecule has 0 saturated heterocycles. The van der Waals surface area contributed by atoms with Crippen molar-refractivity contribution in [2.24, 2.45) is 0 Å². The number of carbonyl (C=O) groups excluding carboxylic acids is 1. The topological polar surface area (TPSA) is 78.9 Å². The number of hydrogen-bond acceptors (Lipinski definition) is 3. The minimum atomic E-state index is -0.975. The fraction of sp³-hybridized carbons (Fsp3) is 0.385. The second-order valence-electron chi connectivity index (χ2n) is 4.40. The Morgan fingerprint density at radius 3 is 3.00 bits per heavy atom. The molecule has 2 N–H and O–H groups in total. The van der Waals surface area contributed by atoms with Crippen molar-refractivity contribution < 1.29 is 23.8 Å². The number of carboxylic acids is 1. The highest BCUT2D eigenvalue weighted by atomic mass is 19.1. The van der Waals surface area contributed by atoms with Gasteiger partial charge in [-0.1, -0.05) is 0 Å². The van der Waals surface area contributed by atoms with E-state index >= 15 is 0 Å². The van der Waals surface area contributed by atoms with Gasteiger partial charge in [-0.25, -0.2) is 9.18 Å². The van der Waals surface area contributed by atoms with E-state index in [1.54, 1.807) is 0 Å². The van der Waals surface area contributed by atoms with Crippen LogP contribution in [0, 0.1) is 5.82 Å². The number of nitrogens with zero attached hydrogens (tertiary/aromatic N) is 1. The van der Waals surface area contributed by atoms with Gasteiger partial charge in [0.05, 0.1) is 19.5 Å². The first-order valence-electron chi connectivity index (χ1n) is 6.22. The fourth-order valence-corrected chi connectivity index (χ4v) is 1.92. The molecule has 0 spiro atoms. The Bertz CT molecular complexity index is 521. The number of urea groups is 1. The Hall–Kier alpha value is -2.31. The van der Waals surface area contributed by atoms with E-state index in [1.807, 2.05) is 0 Å². The first kappa shape index (κ1) is 14.1. The van der Waals surface area contributed by atoms with Crippen LogP contribution in [-0.2, 0) is 11.3 Å². The normalized spacial score (nSPS) is 13.9. The van der Waals surface area contributed by atoms with Gasteiger partial charge >= 0.3 is 12.0 Å². The van der Waals surface area contributed by atoms with Crippen LogP contribution in [0.2, 0.25) is 0 Å². The molecule has 1 aromatic rings. The average molecular weight is 282 g/mol. The van der Waals surface area contributed by atoms with Crippen LogP contribution < -0.4 is 10.1 Å². The smallest absolute Gasteiger partial charge is 0.317 e. The van der Waals surface area contributed by atoms with Gasteiger partial charge in [-0.2, -0.15) is 0 Å². The van der Waals surface area contributed by atoms with Crippen molar-refractivity contribution in [2.75, 3.05) is 19.7 Å². The van der Waals surface area contributed by atoms with Crippen LogP contribution in [0.4, 0.5) is 9.18 Å². The van der Waals surface area contributed by atoms with Gasteiger partial charge in [0, 0.05) is 12.1 Å². The van der Waals surface area contributed by atoms with Gasteiger partial charge in [-0.15, -0.1) is 0 Å². The van der Waals surface area contributed by atoms with Gasteiger partial charge in [0.15, 0.2) is 0 Å². The molecule has 0 atom stereocenters. The number of carbonyl (C=O) groups is 2. The van der Waals surface area contributed by atoms with Gasteiger partial charge in [-0.05, 0) is 18.2 Å². The number of ether oxygens (including phenoxy) is 1. The van der Waals surface area contributed by atoms with Crippen LogP contribution in [0.5, 0.6) is 5.75 Å². The van der Waals surface area contributed by atoms with Crippen LogP contribution >= 0.6 is 0 Å². The van der Waals surface area contributed by atoms with Gasteiger partial charge in [-0.3, -0.25) is 4.79 Å². The molecule has 0 unspecified atom stereocenters. The maximum atomic E-state index is 13.2. The lowest BCUT2D eigenvalue weighted by atomic mass is 10.2. The summed E-state index contributed by atoms with van der Waals surface area (Å²) in [4.78, 5) is 23.8. The van der Waals surface area contributed by atoms with Crippen LogP contribution in [0.3, 0.4) is 0 Å². The van der Waals surface area contributed by atoms with Gasteiger partial charge < -0.3 is 20.1 Å². The zero-order valence-electron chi connectivity index (χ0n) is 10.8. The average Bonchev–Trinajstić information content (AvgIpc) is 2.59. The predicted molar refractivity (Wildman–Crippen MR) is 68.0 cm³/mol. The molecule has 0 saturated carbocycles. The number of nitrogens with one attached hydrogen (secondary N) is 1. The Morgan fingerprint density at radius 1 is 1.45 bits per heavy atom. The van der Waals surface area contributed by atoms with Crippen LogP contribution in [0.25, 0.3) is 0 Å². The summed E-state index contributed by atoms with van der Waals surface area (Å²) in [6, 6.07) is 3.79. The van der Waals surface area contributed by atoms with Crippen molar-refractivity contribution in [3.05, 3.63) is 29.6 Å². The summed E-state index contributed by atoms with van der Waals surface area (Å²) in [5, 5.41) is 11.0. The fourth-order valence-electron chi connectivity index (χ4n) is 1.92. The van der Waals surface area contributed by atoms with E-state index in [0.29, 0.717) is 24.5 Å². The number of rotatable bonds is 3.